The molecule has 5 rings (SSSR count). The number of nitrogens with zero attached hydrogens (tertiary/aromatic N) is 5. The zero-order valence-electron chi connectivity index (χ0n) is 19.2. The minimum Gasteiger partial charge on any atom is -0.358 e. The normalized spacial score (nSPS) is 14.5. The van der Waals surface area contributed by atoms with Crippen LogP contribution < -0.4 is 15.6 Å². The van der Waals surface area contributed by atoms with Crippen LogP contribution in [0, 0.1) is 0 Å². The number of carbonyl (C=O) groups is 2. The largest absolute Gasteiger partial charge is 0.358 e. The molecule has 12 nitrogen and oxygen atoms in total. The number of nitrogens with one attached hydrogen (secondary N) is 4. The molecule has 0 spiro atoms. The van der Waals surface area contributed by atoms with Crippen LogP contribution in [0.25, 0.3) is 22.7 Å². The first-order valence-electron chi connectivity index (χ1n) is 10.9. The summed E-state index contributed by atoms with van der Waals surface area (Å²) in [6.45, 7) is 7.94. The molecule has 0 unspecified atom stereocenters. The van der Waals surface area contributed by atoms with Gasteiger partial charge in [0.25, 0.3) is 11.7 Å². The molecule has 1 atom stereocenters. The highest BCUT2D eigenvalue weighted by Crippen LogP contribution is 2.24. The topological polar surface area (TPSA) is 166 Å². The third-order valence-corrected chi connectivity index (χ3v) is 5.54. The van der Waals surface area contributed by atoms with E-state index in [1.165, 1.54) is 6.33 Å². The van der Waals surface area contributed by atoms with E-state index in [9.17, 15) is 9.59 Å². The van der Waals surface area contributed by atoms with Gasteiger partial charge in [0.15, 0.2) is 17.0 Å². The van der Waals surface area contributed by atoms with Crippen molar-refractivity contribution < 1.29 is 19.1 Å². The van der Waals surface area contributed by atoms with E-state index in [2.05, 4.69) is 66.5 Å². The molecular formula is C22H24N9O3+. The Labute approximate surface area is 194 Å². The van der Waals surface area contributed by atoms with E-state index in [0.29, 0.717) is 40.7 Å². The summed E-state index contributed by atoms with van der Waals surface area (Å²) in [6.07, 6.45) is 3.68. The SMILES string of the molecule is C[C@@H](NC(=O)c1ncnc2c1CCC(=O)N2)c1cc(-c2[nH]c3cnc(C(C)(C)C)nc3[nH+]2)no1. The highest BCUT2D eigenvalue weighted by atomic mass is 16.5. The van der Waals surface area contributed by atoms with Gasteiger partial charge in [0, 0.05) is 23.5 Å². The van der Waals surface area contributed by atoms with E-state index < -0.39 is 6.04 Å². The second-order valence-corrected chi connectivity index (χ2v) is 9.24. The lowest BCUT2D eigenvalue weighted by Gasteiger charge is -2.18. The number of aromatic amines is 2. The number of anilines is 1. The Hall–Kier alpha value is -4.22. The lowest BCUT2D eigenvalue weighted by atomic mass is 9.96. The number of aromatic nitrogens is 7. The van der Waals surface area contributed by atoms with Gasteiger partial charge in [-0.05, 0) is 13.3 Å². The van der Waals surface area contributed by atoms with Crippen LogP contribution in [0.5, 0.6) is 0 Å². The molecule has 1 aliphatic heterocycles. The van der Waals surface area contributed by atoms with Gasteiger partial charge < -0.3 is 15.2 Å². The van der Waals surface area contributed by atoms with Gasteiger partial charge in [-0.25, -0.2) is 19.9 Å². The van der Waals surface area contributed by atoms with Crippen molar-refractivity contribution in [2.24, 2.45) is 0 Å². The molecule has 1 aliphatic rings. The summed E-state index contributed by atoms with van der Waals surface area (Å²) in [5, 5.41) is 9.66. The molecule has 0 saturated heterocycles. The van der Waals surface area contributed by atoms with Crippen LogP contribution in [0.15, 0.2) is 23.1 Å². The smallest absolute Gasteiger partial charge is 0.303 e. The second-order valence-electron chi connectivity index (χ2n) is 9.24. The third kappa shape index (κ3) is 3.98. The summed E-state index contributed by atoms with van der Waals surface area (Å²) in [4.78, 5) is 48.1. The van der Waals surface area contributed by atoms with E-state index in [4.69, 9.17) is 4.52 Å². The Morgan fingerprint density at radius 1 is 1.24 bits per heavy atom. The molecule has 4 aromatic heterocycles. The van der Waals surface area contributed by atoms with Gasteiger partial charge in [0.2, 0.25) is 11.7 Å². The number of carbonyl (C=O) groups excluding carboxylic acids is 2. The average molecular weight is 462 g/mol. The van der Waals surface area contributed by atoms with Gasteiger partial charge in [0.1, 0.15) is 17.8 Å². The number of imidazole rings is 1. The van der Waals surface area contributed by atoms with Gasteiger partial charge >= 0.3 is 5.65 Å². The lowest BCUT2D eigenvalue weighted by molar-refractivity contribution is -0.334. The zero-order chi connectivity index (χ0) is 24.0. The lowest BCUT2D eigenvalue weighted by Crippen LogP contribution is -2.30. The Bertz CT molecular complexity index is 1420. The molecule has 0 saturated carbocycles. The molecule has 0 radical (unpaired) electrons. The minimum absolute atomic E-state index is 0.130. The van der Waals surface area contributed by atoms with Gasteiger partial charge in [-0.15, -0.1) is 0 Å². The van der Waals surface area contributed by atoms with Crippen molar-refractivity contribution in [2.45, 2.75) is 52.0 Å². The molecule has 4 N–H and O–H groups in total. The van der Waals surface area contributed by atoms with Crippen LogP contribution in [0.3, 0.4) is 0 Å². The third-order valence-electron chi connectivity index (χ3n) is 5.54. The second kappa shape index (κ2) is 7.97. The molecule has 5 heterocycles. The predicted molar refractivity (Wildman–Crippen MR) is 120 cm³/mol. The van der Waals surface area contributed by atoms with Crippen molar-refractivity contribution in [3.8, 4) is 11.5 Å². The number of hydrogen-bond donors (Lipinski definition) is 3. The Balaban J connectivity index is 1.35. The molecule has 0 aliphatic carbocycles. The molecule has 2 amide bonds. The molecular weight excluding hydrogens is 438 g/mol. The molecule has 0 fully saturated rings. The fraction of sp³-hybridized carbons (Fsp3) is 0.364. The van der Waals surface area contributed by atoms with Crippen LogP contribution >= 0.6 is 0 Å². The highest BCUT2D eigenvalue weighted by molar-refractivity contribution is 5.99. The predicted octanol–water partition coefficient (Wildman–Crippen LogP) is 1.89. The number of rotatable bonds is 4. The quantitative estimate of drug-likeness (QED) is 0.413. The van der Waals surface area contributed by atoms with Crippen LogP contribution in [-0.2, 0) is 16.6 Å². The average Bonchev–Trinajstić information content (AvgIpc) is 3.44. The van der Waals surface area contributed by atoms with Crippen molar-refractivity contribution in [3.05, 3.63) is 41.4 Å². The first-order valence-corrected chi connectivity index (χ1v) is 10.9. The summed E-state index contributed by atoms with van der Waals surface area (Å²) in [5.74, 6) is 1.66. The van der Waals surface area contributed by atoms with E-state index in [0.717, 1.165) is 11.3 Å². The maximum atomic E-state index is 12.9. The number of H-pyrrole nitrogens is 2. The number of fused-ring (bicyclic) bond motifs is 2. The van der Waals surface area contributed by atoms with E-state index in [-0.39, 0.29) is 29.3 Å². The maximum Gasteiger partial charge on any atom is 0.303 e. The summed E-state index contributed by atoms with van der Waals surface area (Å²) >= 11 is 0. The van der Waals surface area contributed by atoms with Crippen LogP contribution in [-0.4, -0.2) is 41.9 Å². The first kappa shape index (κ1) is 21.6. The monoisotopic (exact) mass is 462 g/mol. The fourth-order valence-corrected chi connectivity index (χ4v) is 3.68. The Morgan fingerprint density at radius 3 is 2.85 bits per heavy atom. The minimum atomic E-state index is -0.478. The van der Waals surface area contributed by atoms with Gasteiger partial charge in [-0.1, -0.05) is 30.9 Å². The number of amides is 2. The van der Waals surface area contributed by atoms with Crippen molar-refractivity contribution in [2.75, 3.05) is 5.32 Å². The highest BCUT2D eigenvalue weighted by Gasteiger charge is 2.27. The van der Waals surface area contributed by atoms with E-state index in [1.807, 2.05) is 0 Å². The van der Waals surface area contributed by atoms with Crippen molar-refractivity contribution in [1.29, 1.82) is 0 Å². The van der Waals surface area contributed by atoms with Crippen LogP contribution in [0.1, 0.15) is 67.8 Å². The zero-order valence-corrected chi connectivity index (χ0v) is 19.2. The molecule has 12 heteroatoms. The standard InChI is InChI=1S/C22H23N9O3/c1-10(26-20(33)16-11-5-6-15(32)28-17(11)25-9-24-16)14-7-12(31-34-14)18-27-13-8-23-21(22(2,3)4)30-19(13)29-18/h7-10H,5-6H2,1-4H3,(H,26,33)(H,23,27,29,30)(H,24,25,28,32)/p+1/t10-/m1/s1. The molecule has 0 aromatic carbocycles. The molecule has 174 valence electrons. The fourth-order valence-electron chi connectivity index (χ4n) is 3.68. The summed E-state index contributed by atoms with van der Waals surface area (Å²) in [6, 6.07) is 1.26. The van der Waals surface area contributed by atoms with Crippen molar-refractivity contribution in [3.63, 3.8) is 0 Å². The summed E-state index contributed by atoms with van der Waals surface area (Å²) < 4.78 is 5.49. The van der Waals surface area contributed by atoms with Gasteiger partial charge in [-0.2, -0.15) is 0 Å². The molecule has 4 aromatic rings. The van der Waals surface area contributed by atoms with Crippen LogP contribution in [0.2, 0.25) is 0 Å². The first-order chi connectivity index (χ1) is 16.2. The van der Waals surface area contributed by atoms with Gasteiger partial charge in [-0.3, -0.25) is 14.6 Å². The Morgan fingerprint density at radius 2 is 2.06 bits per heavy atom. The van der Waals surface area contributed by atoms with Crippen molar-refractivity contribution >= 4 is 28.8 Å². The van der Waals surface area contributed by atoms with E-state index in [1.54, 1.807) is 19.2 Å². The van der Waals surface area contributed by atoms with Crippen LogP contribution in [0.4, 0.5) is 5.82 Å². The summed E-state index contributed by atoms with van der Waals surface area (Å²) in [5.41, 5.74) is 2.62. The number of hydrogen-bond acceptors (Lipinski definition) is 8. The molecule has 34 heavy (non-hydrogen) atoms. The molecule has 0 bridgehead atoms. The Kier molecular flexibility index (Phi) is 5.07. The van der Waals surface area contributed by atoms with E-state index >= 15 is 0 Å². The van der Waals surface area contributed by atoms with Gasteiger partial charge in [0.05, 0.1) is 12.2 Å². The van der Waals surface area contributed by atoms with Crippen molar-refractivity contribution in [1.82, 2.24) is 35.4 Å². The summed E-state index contributed by atoms with van der Waals surface area (Å²) in [7, 11) is 0. The maximum absolute atomic E-state index is 12.9.